The Kier molecular flexibility index (Phi) is 4.69. The third-order valence-electron chi connectivity index (χ3n) is 4.61. The number of rotatable bonds is 3. The van der Waals surface area contributed by atoms with E-state index in [0.29, 0.717) is 29.1 Å². The summed E-state index contributed by atoms with van der Waals surface area (Å²) in [6.45, 7) is 6.41. The summed E-state index contributed by atoms with van der Waals surface area (Å²) in [6.07, 6.45) is 4.81. The molecule has 2 rings (SSSR count). The van der Waals surface area contributed by atoms with Crippen LogP contribution in [0.2, 0.25) is 0 Å². The van der Waals surface area contributed by atoms with E-state index in [4.69, 9.17) is 5.73 Å². The van der Waals surface area contributed by atoms with Gasteiger partial charge in [-0.15, -0.1) is 0 Å². The molecule has 1 amide bonds. The second-order valence-corrected chi connectivity index (χ2v) is 6.29. The highest BCUT2D eigenvalue weighted by molar-refractivity contribution is 5.97. The Bertz CT molecular complexity index is 482. The predicted molar refractivity (Wildman–Crippen MR) is 83.6 cm³/mol. The van der Waals surface area contributed by atoms with Crippen molar-refractivity contribution in [2.75, 3.05) is 5.73 Å². The van der Waals surface area contributed by atoms with E-state index in [2.05, 4.69) is 19.2 Å². The fourth-order valence-corrected chi connectivity index (χ4v) is 3.28. The first-order valence-corrected chi connectivity index (χ1v) is 7.66. The maximum absolute atomic E-state index is 12.5. The highest BCUT2D eigenvalue weighted by Gasteiger charge is 2.29. The van der Waals surface area contributed by atoms with Crippen molar-refractivity contribution < 1.29 is 4.79 Å². The van der Waals surface area contributed by atoms with Gasteiger partial charge in [-0.3, -0.25) is 4.79 Å². The second kappa shape index (κ2) is 6.29. The van der Waals surface area contributed by atoms with Crippen molar-refractivity contribution in [2.24, 2.45) is 11.8 Å². The van der Waals surface area contributed by atoms with Crippen LogP contribution in [0.15, 0.2) is 18.2 Å². The van der Waals surface area contributed by atoms with Gasteiger partial charge in [-0.1, -0.05) is 32.8 Å². The summed E-state index contributed by atoms with van der Waals surface area (Å²) < 4.78 is 0. The highest BCUT2D eigenvalue weighted by atomic mass is 16.1. The normalized spacial score (nSPS) is 22.8. The quantitative estimate of drug-likeness (QED) is 0.829. The monoisotopic (exact) mass is 274 g/mol. The van der Waals surface area contributed by atoms with Gasteiger partial charge in [-0.25, -0.2) is 0 Å². The van der Waals surface area contributed by atoms with Crippen LogP contribution < -0.4 is 11.1 Å². The molecule has 3 N–H and O–H groups in total. The van der Waals surface area contributed by atoms with Gasteiger partial charge in [0.05, 0.1) is 0 Å². The first-order valence-electron chi connectivity index (χ1n) is 7.66. The number of hydrogen-bond acceptors (Lipinski definition) is 2. The first-order chi connectivity index (χ1) is 9.50. The molecular formula is C17H26N2O. The Hall–Kier alpha value is -1.51. The van der Waals surface area contributed by atoms with Crippen LogP contribution in [0.3, 0.4) is 0 Å². The molecule has 0 aromatic heterocycles. The van der Waals surface area contributed by atoms with Crippen LogP contribution in [-0.2, 0) is 0 Å². The Balaban J connectivity index is 2.12. The molecule has 1 aliphatic carbocycles. The van der Waals surface area contributed by atoms with Gasteiger partial charge in [-0.05, 0) is 49.3 Å². The molecular weight excluding hydrogens is 248 g/mol. The van der Waals surface area contributed by atoms with Crippen molar-refractivity contribution in [2.45, 2.75) is 52.5 Å². The van der Waals surface area contributed by atoms with Crippen LogP contribution in [-0.4, -0.2) is 11.9 Å². The summed E-state index contributed by atoms with van der Waals surface area (Å²) in [7, 11) is 0. The van der Waals surface area contributed by atoms with Gasteiger partial charge in [0.1, 0.15) is 0 Å². The van der Waals surface area contributed by atoms with E-state index in [-0.39, 0.29) is 5.91 Å². The number of amides is 1. The lowest BCUT2D eigenvalue weighted by molar-refractivity contribution is 0.0888. The summed E-state index contributed by atoms with van der Waals surface area (Å²) >= 11 is 0. The van der Waals surface area contributed by atoms with Gasteiger partial charge >= 0.3 is 0 Å². The van der Waals surface area contributed by atoms with E-state index in [0.717, 1.165) is 12.0 Å². The highest BCUT2D eigenvalue weighted by Crippen LogP contribution is 2.30. The number of nitrogen functional groups attached to an aromatic ring is 1. The molecule has 20 heavy (non-hydrogen) atoms. The van der Waals surface area contributed by atoms with Crippen molar-refractivity contribution in [3.63, 3.8) is 0 Å². The van der Waals surface area contributed by atoms with Crippen LogP contribution in [0.25, 0.3) is 0 Å². The third kappa shape index (κ3) is 3.14. The minimum Gasteiger partial charge on any atom is -0.398 e. The minimum atomic E-state index is 0.0207. The van der Waals surface area contributed by atoms with Gasteiger partial charge in [0.2, 0.25) is 0 Å². The zero-order valence-electron chi connectivity index (χ0n) is 12.8. The van der Waals surface area contributed by atoms with E-state index < -0.39 is 0 Å². The molecule has 1 aromatic carbocycles. The molecule has 1 saturated carbocycles. The SMILES string of the molecule is Cc1c(N)cccc1C(=O)NC1CCCCC1C(C)C. The Labute approximate surface area is 121 Å². The number of nitrogens with two attached hydrogens (primary N) is 1. The van der Waals surface area contributed by atoms with Crippen LogP contribution in [0, 0.1) is 18.8 Å². The Morgan fingerprint density at radius 2 is 2.00 bits per heavy atom. The maximum atomic E-state index is 12.5. The van der Waals surface area contributed by atoms with Gasteiger partial charge in [0.25, 0.3) is 5.91 Å². The number of carbonyl (C=O) groups excluding carboxylic acids is 1. The fraction of sp³-hybridized carbons (Fsp3) is 0.588. The fourth-order valence-electron chi connectivity index (χ4n) is 3.28. The van der Waals surface area contributed by atoms with Crippen LogP contribution in [0.5, 0.6) is 0 Å². The standard InChI is InChI=1S/C17H26N2O/c1-11(2)13-7-4-5-10-16(13)19-17(20)14-8-6-9-15(18)12(14)3/h6,8-9,11,13,16H,4-5,7,10,18H2,1-3H3,(H,19,20). The van der Waals surface area contributed by atoms with Gasteiger partial charge < -0.3 is 11.1 Å². The Morgan fingerprint density at radius 3 is 2.70 bits per heavy atom. The largest absolute Gasteiger partial charge is 0.398 e. The molecule has 2 atom stereocenters. The molecule has 2 unspecified atom stereocenters. The minimum absolute atomic E-state index is 0.0207. The van der Waals surface area contributed by atoms with Crippen molar-refractivity contribution in [1.82, 2.24) is 5.32 Å². The van der Waals surface area contributed by atoms with Crippen molar-refractivity contribution in [3.8, 4) is 0 Å². The average Bonchev–Trinajstić information content (AvgIpc) is 2.42. The van der Waals surface area contributed by atoms with Gasteiger partial charge in [0.15, 0.2) is 0 Å². The molecule has 3 heteroatoms. The zero-order chi connectivity index (χ0) is 14.7. The molecule has 3 nitrogen and oxygen atoms in total. The molecule has 110 valence electrons. The summed E-state index contributed by atoms with van der Waals surface area (Å²) in [5.41, 5.74) is 8.15. The van der Waals surface area contributed by atoms with Gasteiger partial charge in [-0.2, -0.15) is 0 Å². The van der Waals surface area contributed by atoms with E-state index >= 15 is 0 Å². The molecule has 0 bridgehead atoms. The van der Waals surface area contributed by atoms with E-state index in [9.17, 15) is 4.79 Å². The number of carbonyl (C=O) groups is 1. The topological polar surface area (TPSA) is 55.1 Å². The van der Waals surface area contributed by atoms with Crippen molar-refractivity contribution in [1.29, 1.82) is 0 Å². The van der Waals surface area contributed by atoms with E-state index in [1.54, 1.807) is 0 Å². The average molecular weight is 274 g/mol. The number of anilines is 1. The molecule has 0 spiro atoms. The molecule has 1 fully saturated rings. The molecule has 1 aromatic rings. The molecule has 0 aliphatic heterocycles. The van der Waals surface area contributed by atoms with E-state index in [1.807, 2.05) is 25.1 Å². The van der Waals surface area contributed by atoms with E-state index in [1.165, 1.54) is 19.3 Å². The zero-order valence-corrected chi connectivity index (χ0v) is 12.8. The first kappa shape index (κ1) is 14.9. The third-order valence-corrected chi connectivity index (χ3v) is 4.61. The van der Waals surface area contributed by atoms with Crippen LogP contribution >= 0.6 is 0 Å². The number of hydrogen-bond donors (Lipinski definition) is 2. The van der Waals surface area contributed by atoms with Crippen molar-refractivity contribution in [3.05, 3.63) is 29.3 Å². The lowest BCUT2D eigenvalue weighted by atomic mass is 9.77. The lowest BCUT2D eigenvalue weighted by Gasteiger charge is -2.35. The van der Waals surface area contributed by atoms with Crippen molar-refractivity contribution >= 4 is 11.6 Å². The predicted octanol–water partition coefficient (Wildman–Crippen LogP) is 3.52. The summed E-state index contributed by atoms with van der Waals surface area (Å²) in [6, 6.07) is 5.84. The van der Waals surface area contributed by atoms with Crippen LogP contribution in [0.1, 0.15) is 55.5 Å². The second-order valence-electron chi connectivity index (χ2n) is 6.29. The van der Waals surface area contributed by atoms with Crippen LogP contribution in [0.4, 0.5) is 5.69 Å². The Morgan fingerprint density at radius 1 is 1.30 bits per heavy atom. The number of nitrogens with one attached hydrogen (secondary N) is 1. The lowest BCUT2D eigenvalue weighted by Crippen LogP contribution is -2.44. The molecule has 0 heterocycles. The molecule has 0 saturated heterocycles. The molecule has 1 aliphatic rings. The molecule has 0 radical (unpaired) electrons. The maximum Gasteiger partial charge on any atom is 0.251 e. The summed E-state index contributed by atoms with van der Waals surface area (Å²) in [5, 5.41) is 3.24. The smallest absolute Gasteiger partial charge is 0.251 e. The number of benzene rings is 1. The summed E-state index contributed by atoms with van der Waals surface area (Å²) in [4.78, 5) is 12.5. The summed E-state index contributed by atoms with van der Waals surface area (Å²) in [5.74, 6) is 1.23. The van der Waals surface area contributed by atoms with Gasteiger partial charge in [0, 0.05) is 17.3 Å².